The molecule has 1 heterocycles. The zero-order valence-electron chi connectivity index (χ0n) is 17.0. The van der Waals surface area contributed by atoms with Gasteiger partial charge in [-0.15, -0.1) is 0 Å². The van der Waals surface area contributed by atoms with E-state index in [-0.39, 0.29) is 5.75 Å². The van der Waals surface area contributed by atoms with Gasteiger partial charge in [0.1, 0.15) is 5.75 Å². The molecule has 1 aromatic carbocycles. The lowest BCUT2D eigenvalue weighted by molar-refractivity contribution is 0.0395. The summed E-state index contributed by atoms with van der Waals surface area (Å²) in [6.07, 6.45) is 6.48. The molecule has 8 nitrogen and oxygen atoms in total. The van der Waals surface area contributed by atoms with Gasteiger partial charge in [-0.3, -0.25) is 9.45 Å². The van der Waals surface area contributed by atoms with Gasteiger partial charge in [0.05, 0.1) is 31.8 Å². The minimum atomic E-state index is -4.40. The van der Waals surface area contributed by atoms with Crippen molar-refractivity contribution in [2.45, 2.75) is 45.1 Å². The molecule has 1 aliphatic heterocycles. The van der Waals surface area contributed by atoms with Gasteiger partial charge in [-0.1, -0.05) is 37.5 Å². The number of morpholine rings is 1. The molecule has 29 heavy (non-hydrogen) atoms. The smallest absolute Gasteiger partial charge is 0.379 e. The van der Waals surface area contributed by atoms with Gasteiger partial charge in [0.2, 0.25) is 0 Å². The second kappa shape index (κ2) is 12.7. The molecule has 0 radical (unpaired) electrons. The van der Waals surface area contributed by atoms with Crippen LogP contribution in [0.15, 0.2) is 34.3 Å². The molecule has 0 bridgehead atoms. The summed E-state index contributed by atoms with van der Waals surface area (Å²) in [6, 6.07) is 9.89. The van der Waals surface area contributed by atoms with E-state index in [4.69, 9.17) is 9.29 Å². The maximum atomic E-state index is 10.3. The standard InChI is InChI=1S/C13H23N3O.C7H8O4S/c1-2-4-13(5-3-1)15-12-14-6-7-16-8-10-17-11-9-16;1-6-4-2-3-5-7(6)11-12(8,9)10/h13H,1-11H2;2-5H,1H3,(H,8,9,10). The van der Waals surface area contributed by atoms with Gasteiger partial charge in [-0.2, -0.15) is 8.42 Å². The van der Waals surface area contributed by atoms with E-state index in [2.05, 4.69) is 25.1 Å². The molecule has 162 valence electrons. The lowest BCUT2D eigenvalue weighted by Crippen LogP contribution is -2.37. The predicted molar refractivity (Wildman–Crippen MR) is 112 cm³/mol. The van der Waals surface area contributed by atoms with Gasteiger partial charge in [0.25, 0.3) is 0 Å². The van der Waals surface area contributed by atoms with Gasteiger partial charge in [-0.25, -0.2) is 9.98 Å². The number of rotatable bonds is 6. The summed E-state index contributed by atoms with van der Waals surface area (Å²) in [5, 5.41) is 0. The molecule has 1 aromatic rings. The van der Waals surface area contributed by atoms with E-state index in [1.807, 2.05) is 0 Å². The number of ether oxygens (including phenoxy) is 1. The second-order valence-electron chi connectivity index (χ2n) is 7.13. The van der Waals surface area contributed by atoms with E-state index in [0.29, 0.717) is 11.6 Å². The third kappa shape index (κ3) is 10.5. The Balaban J connectivity index is 0.000000221. The quantitative estimate of drug-likeness (QED) is 0.555. The first-order chi connectivity index (χ1) is 13.9. The van der Waals surface area contributed by atoms with E-state index in [9.17, 15) is 8.42 Å². The van der Waals surface area contributed by atoms with Crippen LogP contribution in [0.3, 0.4) is 0 Å². The van der Waals surface area contributed by atoms with Crippen LogP contribution in [0.25, 0.3) is 0 Å². The molecule has 0 spiro atoms. The number of nitrogens with zero attached hydrogens (tertiary/aromatic N) is 3. The van der Waals surface area contributed by atoms with Crippen LogP contribution in [0.5, 0.6) is 5.75 Å². The van der Waals surface area contributed by atoms with Gasteiger partial charge in [0, 0.05) is 19.6 Å². The Hall–Kier alpha value is -1.77. The van der Waals surface area contributed by atoms with Crippen molar-refractivity contribution in [1.29, 1.82) is 0 Å². The van der Waals surface area contributed by atoms with Crippen LogP contribution < -0.4 is 4.18 Å². The van der Waals surface area contributed by atoms with Crippen molar-refractivity contribution in [3.63, 3.8) is 0 Å². The van der Waals surface area contributed by atoms with Crippen LogP contribution in [0.2, 0.25) is 0 Å². The topological polar surface area (TPSA) is 101 Å². The zero-order chi connectivity index (χ0) is 21.0. The van der Waals surface area contributed by atoms with Crippen molar-refractivity contribution < 1.29 is 21.9 Å². The van der Waals surface area contributed by atoms with Crippen molar-refractivity contribution in [1.82, 2.24) is 4.90 Å². The molecule has 1 saturated carbocycles. The fourth-order valence-corrected chi connectivity index (χ4v) is 3.58. The summed E-state index contributed by atoms with van der Waals surface area (Å²) >= 11 is 0. The van der Waals surface area contributed by atoms with E-state index < -0.39 is 10.4 Å². The van der Waals surface area contributed by atoms with Crippen LogP contribution in [0.4, 0.5) is 0 Å². The average Bonchev–Trinajstić information content (AvgIpc) is 2.71. The van der Waals surface area contributed by atoms with Gasteiger partial charge >= 0.3 is 10.4 Å². The number of aliphatic imine (C=N–C) groups is 2. The first-order valence-electron chi connectivity index (χ1n) is 10.1. The molecule has 0 atom stereocenters. The number of para-hydroxylation sites is 1. The Morgan fingerprint density at radius 1 is 1.21 bits per heavy atom. The summed E-state index contributed by atoms with van der Waals surface area (Å²) in [5.41, 5.74) is 0.648. The van der Waals surface area contributed by atoms with Crippen molar-refractivity contribution in [2.75, 3.05) is 39.4 Å². The minimum absolute atomic E-state index is 0.139. The van der Waals surface area contributed by atoms with E-state index >= 15 is 0 Å². The molecule has 1 aliphatic carbocycles. The third-order valence-corrected chi connectivity index (χ3v) is 5.20. The SMILES string of the molecule is C(=NCCN1CCOCC1)=NC1CCCCC1.Cc1ccccc1OS(=O)(=O)O. The molecule has 0 unspecified atom stereocenters. The van der Waals surface area contributed by atoms with E-state index in [0.717, 1.165) is 39.4 Å². The molecule has 2 fully saturated rings. The van der Waals surface area contributed by atoms with Crippen LogP contribution >= 0.6 is 0 Å². The highest BCUT2D eigenvalue weighted by Crippen LogP contribution is 2.19. The highest BCUT2D eigenvalue weighted by atomic mass is 32.3. The monoisotopic (exact) mass is 425 g/mol. The van der Waals surface area contributed by atoms with Crippen molar-refractivity contribution in [3.8, 4) is 5.75 Å². The van der Waals surface area contributed by atoms with Crippen molar-refractivity contribution >= 4 is 16.4 Å². The molecular weight excluding hydrogens is 394 g/mol. The fourth-order valence-electron chi connectivity index (χ4n) is 3.16. The molecule has 1 saturated heterocycles. The first kappa shape index (κ1) is 23.5. The first-order valence-corrected chi connectivity index (χ1v) is 11.4. The Morgan fingerprint density at radius 3 is 2.55 bits per heavy atom. The Morgan fingerprint density at radius 2 is 1.90 bits per heavy atom. The van der Waals surface area contributed by atoms with E-state index in [1.54, 1.807) is 25.1 Å². The van der Waals surface area contributed by atoms with Gasteiger partial charge < -0.3 is 8.92 Å². The Kier molecular flexibility index (Phi) is 10.3. The fraction of sp³-hybridized carbons (Fsp3) is 0.650. The van der Waals surface area contributed by atoms with E-state index in [1.165, 1.54) is 38.2 Å². The van der Waals surface area contributed by atoms with Crippen LogP contribution in [-0.4, -0.2) is 69.3 Å². The van der Waals surface area contributed by atoms with Crippen molar-refractivity contribution in [2.24, 2.45) is 9.98 Å². The second-order valence-corrected chi connectivity index (χ2v) is 8.16. The molecule has 3 rings (SSSR count). The lowest BCUT2D eigenvalue weighted by Gasteiger charge is -2.25. The third-order valence-electron chi connectivity index (χ3n) is 4.81. The average molecular weight is 426 g/mol. The zero-order valence-corrected chi connectivity index (χ0v) is 17.8. The van der Waals surface area contributed by atoms with Crippen LogP contribution in [-0.2, 0) is 15.1 Å². The molecule has 1 N–H and O–H groups in total. The molecule has 0 aromatic heterocycles. The largest absolute Gasteiger partial charge is 0.446 e. The maximum Gasteiger partial charge on any atom is 0.446 e. The number of benzene rings is 1. The summed E-state index contributed by atoms with van der Waals surface area (Å²) in [7, 11) is -4.40. The summed E-state index contributed by atoms with van der Waals surface area (Å²) < 4.78 is 38.5. The normalized spacial score (nSPS) is 18.1. The summed E-state index contributed by atoms with van der Waals surface area (Å²) in [6.45, 7) is 7.30. The molecule has 0 amide bonds. The maximum absolute atomic E-state index is 10.3. The Bertz CT molecular complexity index is 766. The molecule has 2 aliphatic rings. The molecular formula is C20H31N3O5S. The number of hydrogen-bond donors (Lipinski definition) is 1. The van der Waals surface area contributed by atoms with Gasteiger partial charge in [-0.05, 0) is 31.4 Å². The number of aryl methyl sites for hydroxylation is 1. The van der Waals surface area contributed by atoms with Crippen LogP contribution in [0, 0.1) is 6.92 Å². The molecule has 9 heteroatoms. The van der Waals surface area contributed by atoms with Crippen LogP contribution in [0.1, 0.15) is 37.7 Å². The number of hydrogen-bond acceptors (Lipinski definition) is 7. The van der Waals surface area contributed by atoms with Crippen molar-refractivity contribution in [3.05, 3.63) is 29.8 Å². The summed E-state index contributed by atoms with van der Waals surface area (Å²) in [4.78, 5) is 11.1. The Labute approximate surface area is 173 Å². The lowest BCUT2D eigenvalue weighted by atomic mass is 9.96. The van der Waals surface area contributed by atoms with Gasteiger partial charge in [0.15, 0.2) is 0 Å². The summed E-state index contributed by atoms with van der Waals surface area (Å²) in [5.74, 6) is 0.139. The highest BCUT2D eigenvalue weighted by Gasteiger charge is 2.11. The highest BCUT2D eigenvalue weighted by molar-refractivity contribution is 7.81. The minimum Gasteiger partial charge on any atom is -0.379 e. The predicted octanol–water partition coefficient (Wildman–Crippen LogP) is 3.00.